The van der Waals surface area contributed by atoms with Gasteiger partial charge in [0.05, 0.1) is 42.1 Å². The Kier molecular flexibility index (Phi) is 6.15. The van der Waals surface area contributed by atoms with E-state index in [1.54, 1.807) is 29.8 Å². The Morgan fingerprint density at radius 2 is 2.16 bits per heavy atom. The van der Waals surface area contributed by atoms with Gasteiger partial charge in [0.15, 0.2) is 5.69 Å². The lowest BCUT2D eigenvalue weighted by Gasteiger charge is -2.12. The molecule has 104 valence electrons. The molecule has 0 fully saturated rings. The van der Waals surface area contributed by atoms with E-state index in [0.29, 0.717) is 5.00 Å². The van der Waals surface area contributed by atoms with Crippen LogP contribution in [0.2, 0.25) is 0 Å². The summed E-state index contributed by atoms with van der Waals surface area (Å²) in [6.07, 6.45) is -0.403. The number of esters is 2. The molecular formula is C10H11IN2O5S. The van der Waals surface area contributed by atoms with Gasteiger partial charge in [-0.25, -0.2) is 12.9 Å². The zero-order valence-electron chi connectivity index (χ0n) is 10.2. The SMILES string of the molecule is CCOC(=O)c1ncsc1N(I)C(=O)CC(=O)OC. The van der Waals surface area contributed by atoms with Gasteiger partial charge in [0.1, 0.15) is 11.4 Å². The van der Waals surface area contributed by atoms with Crippen molar-refractivity contribution in [3.63, 3.8) is 0 Å². The van der Waals surface area contributed by atoms with Crippen molar-refractivity contribution in [1.82, 2.24) is 4.98 Å². The Balaban J connectivity index is 2.85. The number of ether oxygens (including phenoxy) is 2. The van der Waals surface area contributed by atoms with Gasteiger partial charge >= 0.3 is 11.9 Å². The number of nitrogens with zero attached hydrogens (tertiary/aromatic N) is 2. The van der Waals surface area contributed by atoms with Crippen molar-refractivity contribution in [2.24, 2.45) is 0 Å². The fourth-order valence-electron chi connectivity index (χ4n) is 1.10. The minimum atomic E-state index is -0.645. The number of hydrogen-bond acceptors (Lipinski definition) is 7. The number of amides is 1. The summed E-state index contributed by atoms with van der Waals surface area (Å²) in [6.45, 7) is 1.89. The normalized spacial score (nSPS) is 9.84. The predicted molar refractivity (Wildman–Crippen MR) is 76.2 cm³/mol. The Bertz CT molecular complexity index is 490. The van der Waals surface area contributed by atoms with E-state index >= 15 is 0 Å². The first-order chi connectivity index (χ1) is 9.01. The summed E-state index contributed by atoms with van der Waals surface area (Å²) in [4.78, 5) is 38.3. The second-order valence-corrected chi connectivity index (χ2v) is 4.95. The van der Waals surface area contributed by atoms with Crippen LogP contribution in [0.25, 0.3) is 0 Å². The maximum atomic E-state index is 11.8. The molecule has 0 saturated heterocycles. The fraction of sp³-hybridized carbons (Fsp3) is 0.400. The van der Waals surface area contributed by atoms with Crippen LogP contribution in [0.4, 0.5) is 5.00 Å². The van der Waals surface area contributed by atoms with Gasteiger partial charge in [-0.15, -0.1) is 11.3 Å². The summed E-state index contributed by atoms with van der Waals surface area (Å²) in [5, 5.41) is 0.327. The molecule has 0 spiro atoms. The van der Waals surface area contributed by atoms with Crippen LogP contribution in [0.5, 0.6) is 0 Å². The van der Waals surface area contributed by atoms with Crippen LogP contribution in [-0.2, 0) is 19.1 Å². The summed E-state index contributed by atoms with van der Waals surface area (Å²) in [6, 6.07) is 0. The number of hydrogen-bond donors (Lipinski definition) is 0. The highest BCUT2D eigenvalue weighted by Gasteiger charge is 2.25. The van der Waals surface area contributed by atoms with E-state index in [1.165, 1.54) is 15.7 Å². The maximum Gasteiger partial charge on any atom is 0.360 e. The first-order valence-electron chi connectivity index (χ1n) is 5.17. The molecule has 1 amide bonds. The third-order valence-corrected chi connectivity index (χ3v) is 4.10. The van der Waals surface area contributed by atoms with Gasteiger partial charge in [0, 0.05) is 0 Å². The van der Waals surface area contributed by atoms with E-state index in [4.69, 9.17) is 4.74 Å². The first-order valence-corrected chi connectivity index (χ1v) is 7.01. The molecule has 0 aliphatic rings. The van der Waals surface area contributed by atoms with Crippen LogP contribution in [-0.4, -0.2) is 36.5 Å². The molecule has 9 heteroatoms. The molecule has 7 nitrogen and oxygen atoms in total. The van der Waals surface area contributed by atoms with E-state index in [0.717, 1.165) is 11.3 Å². The molecule has 0 N–H and O–H groups in total. The number of methoxy groups -OCH3 is 1. The molecule has 1 rings (SSSR count). The minimum absolute atomic E-state index is 0.0551. The molecule has 1 aromatic heterocycles. The molecule has 0 aliphatic heterocycles. The molecule has 0 bridgehead atoms. The second-order valence-electron chi connectivity index (χ2n) is 3.15. The highest BCUT2D eigenvalue weighted by atomic mass is 127. The highest BCUT2D eigenvalue weighted by Crippen LogP contribution is 2.29. The van der Waals surface area contributed by atoms with Gasteiger partial charge in [-0.2, -0.15) is 0 Å². The number of carbonyl (C=O) groups excluding carboxylic acids is 3. The van der Waals surface area contributed by atoms with E-state index in [2.05, 4.69) is 9.72 Å². The Labute approximate surface area is 127 Å². The van der Waals surface area contributed by atoms with Crippen molar-refractivity contribution in [3.8, 4) is 0 Å². The van der Waals surface area contributed by atoms with Crippen molar-refractivity contribution in [3.05, 3.63) is 11.2 Å². The lowest BCUT2D eigenvalue weighted by atomic mass is 10.4. The van der Waals surface area contributed by atoms with Crippen molar-refractivity contribution in [2.75, 3.05) is 16.8 Å². The Morgan fingerprint density at radius 1 is 1.47 bits per heavy atom. The average molecular weight is 398 g/mol. The van der Waals surface area contributed by atoms with Crippen LogP contribution in [0.1, 0.15) is 23.8 Å². The van der Waals surface area contributed by atoms with Gasteiger partial charge in [0.2, 0.25) is 5.91 Å². The monoisotopic (exact) mass is 398 g/mol. The number of halogens is 1. The minimum Gasteiger partial charge on any atom is -0.469 e. The molecule has 1 aromatic rings. The average Bonchev–Trinajstić information content (AvgIpc) is 2.86. The van der Waals surface area contributed by atoms with Crippen molar-refractivity contribution in [2.45, 2.75) is 13.3 Å². The first kappa shape index (κ1) is 15.8. The van der Waals surface area contributed by atoms with Crippen LogP contribution < -0.4 is 3.11 Å². The summed E-state index contributed by atoms with van der Waals surface area (Å²) in [7, 11) is 1.20. The summed E-state index contributed by atoms with van der Waals surface area (Å²) in [5.74, 6) is -1.75. The lowest BCUT2D eigenvalue weighted by molar-refractivity contribution is -0.142. The third-order valence-electron chi connectivity index (χ3n) is 1.94. The number of rotatable bonds is 5. The smallest absolute Gasteiger partial charge is 0.360 e. The molecule has 0 saturated carbocycles. The van der Waals surface area contributed by atoms with E-state index in [1.807, 2.05) is 0 Å². The van der Waals surface area contributed by atoms with Gasteiger partial charge in [0.25, 0.3) is 0 Å². The second kappa shape index (κ2) is 7.38. The largest absolute Gasteiger partial charge is 0.469 e. The van der Waals surface area contributed by atoms with Crippen molar-refractivity contribution >= 4 is 57.0 Å². The topological polar surface area (TPSA) is 85.8 Å². The molecule has 19 heavy (non-hydrogen) atoms. The number of carbonyl (C=O) groups is 3. The number of aromatic nitrogens is 1. The molecular weight excluding hydrogens is 387 g/mol. The quantitative estimate of drug-likeness (QED) is 0.324. The van der Waals surface area contributed by atoms with Crippen molar-refractivity contribution < 1.29 is 23.9 Å². The number of anilines is 1. The van der Waals surface area contributed by atoms with Crippen LogP contribution in [0.15, 0.2) is 5.51 Å². The molecule has 0 aromatic carbocycles. The van der Waals surface area contributed by atoms with Crippen molar-refractivity contribution in [1.29, 1.82) is 0 Å². The standard InChI is InChI=1S/C10H11IN2O5S/c1-3-18-10(16)8-9(19-5-12-8)13(11)6(14)4-7(15)17-2/h5H,3-4H2,1-2H3. The van der Waals surface area contributed by atoms with Gasteiger partial charge in [-0.3, -0.25) is 9.59 Å². The zero-order valence-corrected chi connectivity index (χ0v) is 13.2. The molecule has 0 atom stereocenters. The predicted octanol–water partition coefficient (Wildman–Crippen LogP) is 1.57. The summed E-state index contributed by atoms with van der Waals surface area (Å²) < 4.78 is 10.4. The van der Waals surface area contributed by atoms with Crippen LogP contribution in [0.3, 0.4) is 0 Å². The molecule has 1 heterocycles. The highest BCUT2D eigenvalue weighted by molar-refractivity contribution is 14.1. The Morgan fingerprint density at radius 3 is 2.74 bits per heavy atom. The Hall–Kier alpha value is -1.23. The molecule has 0 radical (unpaired) electrons. The van der Waals surface area contributed by atoms with Gasteiger partial charge in [-0.1, -0.05) is 0 Å². The summed E-state index contributed by atoms with van der Waals surface area (Å²) >= 11 is 2.81. The zero-order chi connectivity index (χ0) is 14.4. The van der Waals surface area contributed by atoms with Crippen LogP contribution in [0, 0.1) is 0 Å². The maximum absolute atomic E-state index is 11.8. The molecule has 0 aliphatic carbocycles. The van der Waals surface area contributed by atoms with Gasteiger partial charge in [-0.05, 0) is 6.92 Å². The molecule has 0 unspecified atom stereocenters. The van der Waals surface area contributed by atoms with E-state index in [9.17, 15) is 14.4 Å². The van der Waals surface area contributed by atoms with E-state index < -0.39 is 24.3 Å². The summed E-state index contributed by atoms with van der Waals surface area (Å²) in [5.41, 5.74) is 1.48. The van der Waals surface area contributed by atoms with E-state index in [-0.39, 0.29) is 12.3 Å². The van der Waals surface area contributed by atoms with Crippen LogP contribution >= 0.6 is 34.2 Å². The van der Waals surface area contributed by atoms with Gasteiger partial charge < -0.3 is 9.47 Å². The fourth-order valence-corrected chi connectivity index (χ4v) is 2.54. The number of thiazole rings is 1. The third kappa shape index (κ3) is 4.13. The lowest BCUT2D eigenvalue weighted by Crippen LogP contribution is -2.24.